The van der Waals surface area contributed by atoms with Crippen LogP contribution in [0.3, 0.4) is 0 Å². The van der Waals surface area contributed by atoms with Crippen LogP contribution in [0.25, 0.3) is 5.69 Å². The van der Waals surface area contributed by atoms with Crippen LogP contribution in [0.4, 0.5) is 5.69 Å². The SMILES string of the molecule is O=C(Nc1cccc(-n2cc[nH]c2=S)c1)c1ccc2c(c1)OCO2. The Morgan fingerprint density at radius 1 is 1.17 bits per heavy atom. The fraction of sp³-hybridized carbons (Fsp3) is 0.0588. The number of aromatic nitrogens is 2. The van der Waals surface area contributed by atoms with Crippen LogP contribution in [-0.4, -0.2) is 22.3 Å². The van der Waals surface area contributed by atoms with Crippen LogP contribution in [0, 0.1) is 4.77 Å². The van der Waals surface area contributed by atoms with Crippen LogP contribution in [0.1, 0.15) is 10.4 Å². The Balaban J connectivity index is 1.58. The smallest absolute Gasteiger partial charge is 0.255 e. The van der Waals surface area contributed by atoms with E-state index in [1.807, 2.05) is 35.0 Å². The average molecular weight is 339 g/mol. The molecule has 1 aromatic heterocycles. The molecule has 2 N–H and O–H groups in total. The molecule has 0 atom stereocenters. The maximum Gasteiger partial charge on any atom is 0.255 e. The van der Waals surface area contributed by atoms with E-state index in [1.54, 1.807) is 24.4 Å². The lowest BCUT2D eigenvalue weighted by atomic mass is 10.2. The van der Waals surface area contributed by atoms with Gasteiger partial charge in [0.15, 0.2) is 16.3 Å². The summed E-state index contributed by atoms with van der Waals surface area (Å²) in [6, 6.07) is 12.6. The van der Waals surface area contributed by atoms with Crippen molar-refractivity contribution in [2.75, 3.05) is 12.1 Å². The van der Waals surface area contributed by atoms with E-state index in [-0.39, 0.29) is 12.7 Å². The number of H-pyrrole nitrogens is 1. The fourth-order valence-electron chi connectivity index (χ4n) is 2.50. The summed E-state index contributed by atoms with van der Waals surface area (Å²) in [7, 11) is 0. The molecule has 4 rings (SSSR count). The molecule has 3 aromatic rings. The Morgan fingerprint density at radius 3 is 2.88 bits per heavy atom. The number of rotatable bonds is 3. The molecule has 0 fully saturated rings. The lowest BCUT2D eigenvalue weighted by Gasteiger charge is -2.08. The van der Waals surface area contributed by atoms with Gasteiger partial charge in [-0.1, -0.05) is 6.07 Å². The van der Waals surface area contributed by atoms with Crippen molar-refractivity contribution in [2.45, 2.75) is 0 Å². The number of imidazole rings is 1. The van der Waals surface area contributed by atoms with E-state index in [1.165, 1.54) is 0 Å². The number of carbonyl (C=O) groups is 1. The van der Waals surface area contributed by atoms with E-state index in [0.717, 1.165) is 5.69 Å². The Kier molecular flexibility index (Phi) is 3.55. The molecular weight excluding hydrogens is 326 g/mol. The van der Waals surface area contributed by atoms with Crippen LogP contribution in [0.15, 0.2) is 54.9 Å². The van der Waals surface area contributed by atoms with Crippen LogP contribution in [-0.2, 0) is 0 Å². The van der Waals surface area contributed by atoms with Gasteiger partial charge in [-0.2, -0.15) is 0 Å². The second kappa shape index (κ2) is 5.86. The number of nitrogens with one attached hydrogen (secondary N) is 2. The number of hydrogen-bond donors (Lipinski definition) is 2. The van der Waals surface area contributed by atoms with Gasteiger partial charge in [-0.15, -0.1) is 0 Å². The van der Waals surface area contributed by atoms with Crippen molar-refractivity contribution in [1.82, 2.24) is 9.55 Å². The Labute approximate surface area is 142 Å². The minimum atomic E-state index is -0.219. The molecule has 120 valence electrons. The largest absolute Gasteiger partial charge is 0.454 e. The summed E-state index contributed by atoms with van der Waals surface area (Å²) < 4.78 is 13.0. The number of benzene rings is 2. The van der Waals surface area contributed by atoms with E-state index in [4.69, 9.17) is 21.7 Å². The molecule has 0 spiro atoms. The predicted molar refractivity (Wildman–Crippen MR) is 91.5 cm³/mol. The van der Waals surface area contributed by atoms with E-state index in [2.05, 4.69) is 10.3 Å². The van der Waals surface area contributed by atoms with Gasteiger partial charge in [0.2, 0.25) is 6.79 Å². The number of amides is 1. The van der Waals surface area contributed by atoms with Gasteiger partial charge < -0.3 is 19.8 Å². The van der Waals surface area contributed by atoms with E-state index in [0.29, 0.717) is 27.5 Å². The first-order valence-corrected chi connectivity index (χ1v) is 7.69. The van der Waals surface area contributed by atoms with Crippen LogP contribution in [0.5, 0.6) is 11.5 Å². The summed E-state index contributed by atoms with van der Waals surface area (Å²) in [6.07, 6.45) is 3.60. The molecule has 0 radical (unpaired) electrons. The number of ether oxygens (including phenoxy) is 2. The van der Waals surface area contributed by atoms with Crippen molar-refractivity contribution >= 4 is 23.8 Å². The zero-order valence-corrected chi connectivity index (χ0v) is 13.3. The zero-order valence-electron chi connectivity index (χ0n) is 12.5. The number of carbonyl (C=O) groups excluding carboxylic acids is 1. The number of hydrogen-bond acceptors (Lipinski definition) is 4. The maximum absolute atomic E-state index is 12.4. The highest BCUT2D eigenvalue weighted by atomic mass is 32.1. The molecule has 0 saturated carbocycles. The van der Waals surface area contributed by atoms with Crippen molar-refractivity contribution in [3.63, 3.8) is 0 Å². The fourth-order valence-corrected chi connectivity index (χ4v) is 2.73. The molecule has 2 heterocycles. The lowest BCUT2D eigenvalue weighted by molar-refractivity contribution is 0.102. The highest BCUT2D eigenvalue weighted by Gasteiger charge is 2.16. The summed E-state index contributed by atoms with van der Waals surface area (Å²) in [4.78, 5) is 15.4. The third-order valence-corrected chi connectivity index (χ3v) is 3.98. The van der Waals surface area contributed by atoms with E-state index >= 15 is 0 Å². The standard InChI is InChI=1S/C17H13N3O3S/c21-16(11-4-5-14-15(8-11)23-10-22-14)19-12-2-1-3-13(9-12)20-7-6-18-17(20)24/h1-9H,10H2,(H,18,24)(H,19,21). The van der Waals surface area contributed by atoms with Crippen molar-refractivity contribution < 1.29 is 14.3 Å². The highest BCUT2D eigenvalue weighted by molar-refractivity contribution is 7.71. The summed E-state index contributed by atoms with van der Waals surface area (Å²) in [5.41, 5.74) is 2.05. The molecule has 0 unspecified atom stereocenters. The second-order valence-electron chi connectivity index (χ2n) is 5.21. The molecule has 1 aliphatic heterocycles. The summed E-state index contributed by atoms with van der Waals surface area (Å²) >= 11 is 5.22. The van der Waals surface area contributed by atoms with Gasteiger partial charge in [-0.25, -0.2) is 0 Å². The quantitative estimate of drug-likeness (QED) is 0.717. The minimum Gasteiger partial charge on any atom is -0.454 e. The molecule has 1 amide bonds. The monoisotopic (exact) mass is 339 g/mol. The molecule has 7 heteroatoms. The number of nitrogens with zero attached hydrogens (tertiary/aromatic N) is 1. The van der Waals surface area contributed by atoms with Crippen LogP contribution in [0.2, 0.25) is 0 Å². The van der Waals surface area contributed by atoms with Gasteiger partial charge in [0.1, 0.15) is 0 Å². The predicted octanol–water partition coefficient (Wildman–Crippen LogP) is 3.52. The molecule has 1 aliphatic rings. The molecule has 0 saturated heterocycles. The topological polar surface area (TPSA) is 68.3 Å². The van der Waals surface area contributed by atoms with Crippen LogP contribution < -0.4 is 14.8 Å². The highest BCUT2D eigenvalue weighted by Crippen LogP contribution is 2.32. The van der Waals surface area contributed by atoms with E-state index in [9.17, 15) is 4.79 Å². The third-order valence-electron chi connectivity index (χ3n) is 3.67. The van der Waals surface area contributed by atoms with Gasteiger partial charge in [-0.05, 0) is 48.6 Å². The van der Waals surface area contributed by atoms with E-state index < -0.39 is 0 Å². The zero-order chi connectivity index (χ0) is 16.5. The normalized spacial score (nSPS) is 12.2. The Hall–Kier alpha value is -3.06. The van der Waals surface area contributed by atoms with Gasteiger partial charge in [0.05, 0.1) is 0 Å². The van der Waals surface area contributed by atoms with Crippen LogP contribution >= 0.6 is 12.2 Å². The number of fused-ring (bicyclic) bond motifs is 1. The first-order valence-electron chi connectivity index (χ1n) is 7.28. The van der Waals surface area contributed by atoms with Crippen molar-refractivity contribution in [1.29, 1.82) is 0 Å². The second-order valence-corrected chi connectivity index (χ2v) is 5.59. The first-order chi connectivity index (χ1) is 11.7. The molecular formula is C17H13N3O3S. The minimum absolute atomic E-state index is 0.180. The van der Waals surface area contributed by atoms with Gasteiger partial charge in [0.25, 0.3) is 5.91 Å². The molecule has 2 aromatic carbocycles. The first kappa shape index (κ1) is 14.5. The number of aromatic amines is 1. The average Bonchev–Trinajstić information content (AvgIpc) is 3.22. The maximum atomic E-state index is 12.4. The van der Waals surface area contributed by atoms with Crippen molar-refractivity contribution in [2.24, 2.45) is 0 Å². The molecule has 0 aliphatic carbocycles. The third kappa shape index (κ3) is 2.65. The Bertz CT molecular complexity index is 977. The number of anilines is 1. The lowest BCUT2D eigenvalue weighted by Crippen LogP contribution is -2.12. The molecule has 24 heavy (non-hydrogen) atoms. The summed E-state index contributed by atoms with van der Waals surface area (Å²) in [5, 5.41) is 2.88. The van der Waals surface area contributed by atoms with Gasteiger partial charge >= 0.3 is 0 Å². The van der Waals surface area contributed by atoms with Crippen molar-refractivity contribution in [3.8, 4) is 17.2 Å². The summed E-state index contributed by atoms with van der Waals surface area (Å²) in [6.45, 7) is 0.180. The van der Waals surface area contributed by atoms with Gasteiger partial charge in [-0.3, -0.25) is 9.36 Å². The molecule has 0 bridgehead atoms. The van der Waals surface area contributed by atoms with Crippen molar-refractivity contribution in [3.05, 3.63) is 65.2 Å². The van der Waals surface area contributed by atoms with Gasteiger partial charge in [0, 0.05) is 29.3 Å². The molecule has 6 nitrogen and oxygen atoms in total. The Morgan fingerprint density at radius 2 is 2.04 bits per heavy atom. The summed E-state index contributed by atoms with van der Waals surface area (Å²) in [5.74, 6) is 1.01.